The average Bonchev–Trinajstić information content (AvgIpc) is 2.64. The summed E-state index contributed by atoms with van der Waals surface area (Å²) in [6.07, 6.45) is 0. The maximum absolute atomic E-state index is 12.8. The van der Waals surface area contributed by atoms with E-state index in [2.05, 4.69) is 22.2 Å². The lowest BCUT2D eigenvalue weighted by Gasteiger charge is -2.31. The van der Waals surface area contributed by atoms with E-state index in [1.165, 1.54) is 0 Å². The fourth-order valence-corrected chi connectivity index (χ4v) is 3.15. The van der Waals surface area contributed by atoms with Crippen LogP contribution >= 0.6 is 0 Å². The van der Waals surface area contributed by atoms with Crippen LogP contribution in [0.2, 0.25) is 0 Å². The van der Waals surface area contributed by atoms with Crippen molar-refractivity contribution < 1.29 is 9.59 Å². The molecule has 0 saturated carbocycles. The molecule has 5 nitrogen and oxygen atoms in total. The van der Waals surface area contributed by atoms with Crippen LogP contribution in [0.25, 0.3) is 0 Å². The molecule has 1 aliphatic rings. The van der Waals surface area contributed by atoms with Gasteiger partial charge in [0.05, 0.1) is 12.2 Å². The lowest BCUT2D eigenvalue weighted by atomic mass is 10.1. The Kier molecular flexibility index (Phi) is 5.81. The summed E-state index contributed by atoms with van der Waals surface area (Å²) in [6.45, 7) is 6.00. The first-order valence-corrected chi connectivity index (χ1v) is 8.94. The molecule has 1 fully saturated rings. The van der Waals surface area contributed by atoms with Gasteiger partial charge < -0.3 is 10.2 Å². The lowest BCUT2D eigenvalue weighted by Crippen LogP contribution is -2.46. The van der Waals surface area contributed by atoms with Gasteiger partial charge in [-0.05, 0) is 37.7 Å². The quantitative estimate of drug-likeness (QED) is 0.842. The van der Waals surface area contributed by atoms with Crippen LogP contribution in [0, 0.1) is 6.92 Å². The Balaban J connectivity index is 1.72. The Morgan fingerprint density at radius 1 is 0.923 bits per heavy atom. The van der Waals surface area contributed by atoms with E-state index in [0.717, 1.165) is 31.7 Å². The van der Waals surface area contributed by atoms with Crippen molar-refractivity contribution in [2.75, 3.05) is 45.1 Å². The molecule has 1 amide bonds. The second-order valence-electron chi connectivity index (χ2n) is 6.82. The van der Waals surface area contributed by atoms with Gasteiger partial charge in [0.25, 0.3) is 5.91 Å². The van der Waals surface area contributed by atoms with E-state index in [1.54, 1.807) is 18.2 Å². The highest BCUT2D eigenvalue weighted by atomic mass is 16.2. The van der Waals surface area contributed by atoms with Crippen LogP contribution in [0.4, 0.5) is 5.69 Å². The van der Waals surface area contributed by atoms with Crippen LogP contribution in [0.15, 0.2) is 48.5 Å². The minimum atomic E-state index is -0.192. The van der Waals surface area contributed by atoms with E-state index in [9.17, 15) is 9.59 Å². The summed E-state index contributed by atoms with van der Waals surface area (Å²) in [5.41, 5.74) is 2.66. The molecule has 136 valence electrons. The second-order valence-corrected chi connectivity index (χ2v) is 6.82. The molecular weight excluding hydrogens is 326 g/mol. The van der Waals surface area contributed by atoms with Gasteiger partial charge in [-0.15, -0.1) is 0 Å². The van der Waals surface area contributed by atoms with E-state index >= 15 is 0 Å². The number of amides is 1. The van der Waals surface area contributed by atoms with Crippen LogP contribution < -0.4 is 5.32 Å². The number of hydrogen-bond donors (Lipinski definition) is 1. The molecule has 26 heavy (non-hydrogen) atoms. The summed E-state index contributed by atoms with van der Waals surface area (Å²) >= 11 is 0. The van der Waals surface area contributed by atoms with Crippen molar-refractivity contribution in [1.29, 1.82) is 0 Å². The summed E-state index contributed by atoms with van der Waals surface area (Å²) in [5.74, 6) is -0.154. The molecule has 0 aromatic heterocycles. The molecule has 0 aliphatic carbocycles. The number of carbonyl (C=O) groups is 2. The molecule has 2 aromatic carbocycles. The molecule has 0 bridgehead atoms. The number of anilines is 1. The van der Waals surface area contributed by atoms with Crippen LogP contribution in [0.1, 0.15) is 26.3 Å². The second kappa shape index (κ2) is 8.25. The number of piperazine rings is 1. The number of nitrogens with one attached hydrogen (secondary N) is 1. The summed E-state index contributed by atoms with van der Waals surface area (Å²) in [7, 11) is 2.09. The molecule has 1 heterocycles. The zero-order chi connectivity index (χ0) is 18.5. The van der Waals surface area contributed by atoms with Crippen LogP contribution in [-0.4, -0.2) is 61.3 Å². The van der Waals surface area contributed by atoms with Crippen molar-refractivity contribution in [2.24, 2.45) is 0 Å². The van der Waals surface area contributed by atoms with Gasteiger partial charge in [0.2, 0.25) is 0 Å². The number of ketones is 1. The van der Waals surface area contributed by atoms with Crippen LogP contribution in [0.3, 0.4) is 0 Å². The zero-order valence-corrected chi connectivity index (χ0v) is 15.4. The van der Waals surface area contributed by atoms with E-state index < -0.39 is 0 Å². The topological polar surface area (TPSA) is 52.7 Å². The monoisotopic (exact) mass is 351 g/mol. The first-order chi connectivity index (χ1) is 12.5. The van der Waals surface area contributed by atoms with Crippen molar-refractivity contribution in [1.82, 2.24) is 9.80 Å². The third-order valence-electron chi connectivity index (χ3n) is 4.83. The Bertz CT molecular complexity index is 795. The first-order valence-electron chi connectivity index (χ1n) is 8.94. The molecule has 2 aromatic rings. The first kappa shape index (κ1) is 18.3. The number of benzene rings is 2. The Morgan fingerprint density at radius 3 is 2.23 bits per heavy atom. The molecule has 1 N–H and O–H groups in total. The maximum Gasteiger partial charge on any atom is 0.255 e. The van der Waals surface area contributed by atoms with E-state index in [-0.39, 0.29) is 11.7 Å². The highest BCUT2D eigenvalue weighted by molar-refractivity contribution is 6.10. The third kappa shape index (κ3) is 4.36. The normalized spacial score (nSPS) is 15.6. The number of likely N-dealkylation sites (N-methyl/N-ethyl adjacent to an activating group) is 1. The van der Waals surface area contributed by atoms with Crippen molar-refractivity contribution in [2.45, 2.75) is 6.92 Å². The van der Waals surface area contributed by atoms with Gasteiger partial charge >= 0.3 is 0 Å². The predicted molar refractivity (Wildman–Crippen MR) is 104 cm³/mol. The number of hydrogen-bond acceptors (Lipinski definition) is 4. The number of para-hydroxylation sites is 1. The third-order valence-corrected chi connectivity index (χ3v) is 4.83. The van der Waals surface area contributed by atoms with Crippen molar-refractivity contribution in [3.63, 3.8) is 0 Å². The summed E-state index contributed by atoms with van der Waals surface area (Å²) in [5, 5.41) is 2.91. The van der Waals surface area contributed by atoms with Crippen molar-refractivity contribution >= 4 is 17.4 Å². The molecule has 5 heteroatoms. The smallest absolute Gasteiger partial charge is 0.255 e. The zero-order valence-electron chi connectivity index (χ0n) is 15.4. The Labute approximate surface area is 154 Å². The fraction of sp³-hybridized carbons (Fsp3) is 0.333. The highest BCUT2D eigenvalue weighted by Crippen LogP contribution is 2.19. The predicted octanol–water partition coefficient (Wildman–Crippen LogP) is 2.68. The lowest BCUT2D eigenvalue weighted by molar-refractivity contribution is 0.0877. The Hall–Kier alpha value is -2.50. The van der Waals surface area contributed by atoms with Crippen molar-refractivity contribution in [3.8, 4) is 0 Å². The van der Waals surface area contributed by atoms with Crippen LogP contribution in [0.5, 0.6) is 0 Å². The summed E-state index contributed by atoms with van der Waals surface area (Å²) in [6, 6.07) is 14.7. The van der Waals surface area contributed by atoms with Gasteiger partial charge in [-0.2, -0.15) is 0 Å². The molecule has 1 aliphatic heterocycles. The number of rotatable bonds is 5. The molecule has 0 spiro atoms. The van der Waals surface area contributed by atoms with Gasteiger partial charge in [0.1, 0.15) is 0 Å². The molecule has 0 radical (unpaired) electrons. The minimum absolute atomic E-state index is 0.0373. The molecular formula is C21H25N3O2. The van der Waals surface area contributed by atoms with Crippen LogP contribution in [-0.2, 0) is 0 Å². The SMILES string of the molecule is Cc1ccccc1C(=O)Nc1ccccc1C(=O)CN1CCN(C)CC1. The highest BCUT2D eigenvalue weighted by Gasteiger charge is 2.20. The number of aryl methyl sites for hydroxylation is 1. The Morgan fingerprint density at radius 2 is 1.54 bits per heavy atom. The minimum Gasteiger partial charge on any atom is -0.321 e. The molecule has 3 rings (SSSR count). The number of nitrogens with zero attached hydrogens (tertiary/aromatic N) is 2. The number of Topliss-reactive ketones (excluding diaryl/α,β-unsaturated/α-hetero) is 1. The van der Waals surface area contributed by atoms with E-state index in [1.807, 2.05) is 37.3 Å². The summed E-state index contributed by atoms with van der Waals surface area (Å²) in [4.78, 5) is 29.8. The van der Waals surface area contributed by atoms with E-state index in [4.69, 9.17) is 0 Å². The largest absolute Gasteiger partial charge is 0.321 e. The van der Waals surface area contributed by atoms with E-state index in [0.29, 0.717) is 23.4 Å². The van der Waals surface area contributed by atoms with Gasteiger partial charge in [-0.3, -0.25) is 14.5 Å². The van der Waals surface area contributed by atoms with Gasteiger partial charge in [0.15, 0.2) is 5.78 Å². The molecule has 0 atom stereocenters. The van der Waals surface area contributed by atoms with Gasteiger partial charge in [-0.1, -0.05) is 30.3 Å². The molecule has 0 unspecified atom stereocenters. The fourth-order valence-electron chi connectivity index (χ4n) is 3.15. The van der Waals surface area contributed by atoms with Gasteiger partial charge in [0, 0.05) is 37.3 Å². The average molecular weight is 351 g/mol. The van der Waals surface area contributed by atoms with Crippen molar-refractivity contribution in [3.05, 3.63) is 65.2 Å². The summed E-state index contributed by atoms with van der Waals surface area (Å²) < 4.78 is 0. The number of carbonyl (C=O) groups excluding carboxylic acids is 2. The molecule has 1 saturated heterocycles. The van der Waals surface area contributed by atoms with Gasteiger partial charge in [-0.25, -0.2) is 0 Å². The maximum atomic E-state index is 12.8. The standard InChI is InChI=1S/C21H25N3O2/c1-16-7-3-4-8-17(16)21(26)22-19-10-6-5-9-18(19)20(25)15-24-13-11-23(2)12-14-24/h3-10H,11-15H2,1-2H3,(H,22,26).